The Morgan fingerprint density at radius 3 is 2.39 bits per heavy atom. The van der Waals surface area contributed by atoms with Gasteiger partial charge in [-0.05, 0) is 60.5 Å². The highest BCUT2D eigenvalue weighted by molar-refractivity contribution is 6.04. The maximum Gasteiger partial charge on any atom is 0.255 e. The van der Waals surface area contributed by atoms with E-state index in [-0.39, 0.29) is 11.8 Å². The van der Waals surface area contributed by atoms with Crippen LogP contribution in [0.3, 0.4) is 0 Å². The van der Waals surface area contributed by atoms with Crippen molar-refractivity contribution in [1.82, 2.24) is 4.90 Å². The number of rotatable bonds is 9. The summed E-state index contributed by atoms with van der Waals surface area (Å²) in [6.07, 6.45) is 5.56. The van der Waals surface area contributed by atoms with Gasteiger partial charge in [0.1, 0.15) is 5.75 Å². The molecule has 0 aromatic heterocycles. The number of unbranched alkanes of at least 4 members (excludes halogenated alkanes) is 1. The quantitative estimate of drug-likeness (QED) is 0.323. The normalized spacial score (nSPS) is 13.6. The highest BCUT2D eigenvalue weighted by atomic mass is 16.5. The summed E-state index contributed by atoms with van der Waals surface area (Å²) < 4.78 is 5.71. The molecule has 1 aliphatic rings. The number of nitrogens with zero attached hydrogens (tertiary/aromatic N) is 2. The van der Waals surface area contributed by atoms with Gasteiger partial charge in [-0.2, -0.15) is 0 Å². The van der Waals surface area contributed by atoms with Gasteiger partial charge in [-0.3, -0.25) is 9.59 Å². The molecule has 0 bridgehead atoms. The van der Waals surface area contributed by atoms with Crippen LogP contribution >= 0.6 is 0 Å². The van der Waals surface area contributed by atoms with E-state index < -0.39 is 0 Å². The monoisotopic (exact) mass is 483 g/mol. The fourth-order valence-electron chi connectivity index (χ4n) is 4.04. The smallest absolute Gasteiger partial charge is 0.255 e. The van der Waals surface area contributed by atoms with Gasteiger partial charge in [0.2, 0.25) is 5.91 Å². The first kappa shape index (κ1) is 25.0. The van der Waals surface area contributed by atoms with Crippen LogP contribution in [-0.4, -0.2) is 49.5 Å². The molecule has 6 nitrogen and oxygen atoms in total. The predicted octanol–water partition coefficient (Wildman–Crippen LogP) is 5.48. The van der Waals surface area contributed by atoms with Crippen molar-refractivity contribution in [3.63, 3.8) is 0 Å². The molecule has 0 radical (unpaired) electrons. The summed E-state index contributed by atoms with van der Waals surface area (Å²) >= 11 is 0. The van der Waals surface area contributed by atoms with E-state index in [2.05, 4.69) is 17.1 Å². The van der Waals surface area contributed by atoms with Gasteiger partial charge in [-0.1, -0.05) is 49.7 Å². The van der Waals surface area contributed by atoms with Crippen molar-refractivity contribution in [3.8, 4) is 5.75 Å². The zero-order valence-electron chi connectivity index (χ0n) is 20.7. The van der Waals surface area contributed by atoms with Gasteiger partial charge >= 0.3 is 0 Å². The van der Waals surface area contributed by atoms with Gasteiger partial charge in [0.05, 0.1) is 6.61 Å². The molecule has 1 heterocycles. The lowest BCUT2D eigenvalue weighted by Crippen LogP contribution is -2.48. The second kappa shape index (κ2) is 12.6. The standard InChI is InChI=1S/C30H33N3O3/c1-2-3-22-36-28-11-7-10-25(23-28)30(35)31-26-13-15-27(16-14-26)32-18-20-33(21-19-32)29(34)17-12-24-8-5-4-6-9-24/h4-17,23H,2-3,18-22H2,1H3,(H,31,35)/b17-12+. The Morgan fingerprint density at radius 2 is 1.67 bits per heavy atom. The average molecular weight is 484 g/mol. The molecule has 2 amide bonds. The van der Waals surface area contributed by atoms with Crippen LogP contribution in [0, 0.1) is 0 Å². The zero-order valence-corrected chi connectivity index (χ0v) is 20.7. The topological polar surface area (TPSA) is 61.9 Å². The molecule has 0 saturated carbocycles. The lowest BCUT2D eigenvalue weighted by atomic mass is 10.2. The Bertz CT molecular complexity index is 1170. The summed E-state index contributed by atoms with van der Waals surface area (Å²) in [6.45, 7) is 5.64. The molecule has 3 aromatic rings. The highest BCUT2D eigenvalue weighted by Gasteiger charge is 2.20. The fraction of sp³-hybridized carbons (Fsp3) is 0.267. The van der Waals surface area contributed by atoms with E-state index in [1.807, 2.05) is 77.7 Å². The van der Waals surface area contributed by atoms with Gasteiger partial charge in [0.15, 0.2) is 0 Å². The van der Waals surface area contributed by atoms with Gasteiger partial charge in [0.25, 0.3) is 5.91 Å². The van der Waals surface area contributed by atoms with Gasteiger partial charge in [0, 0.05) is 49.2 Å². The number of amides is 2. The molecule has 0 unspecified atom stereocenters. The van der Waals surface area contributed by atoms with Crippen molar-refractivity contribution < 1.29 is 14.3 Å². The molecule has 186 valence electrons. The molecule has 1 N–H and O–H groups in total. The van der Waals surface area contributed by atoms with Crippen LogP contribution in [0.15, 0.2) is 84.9 Å². The molecule has 3 aromatic carbocycles. The Kier molecular flexibility index (Phi) is 8.76. The summed E-state index contributed by atoms with van der Waals surface area (Å²) in [6, 6.07) is 24.9. The van der Waals surface area contributed by atoms with Crippen LogP contribution in [0.25, 0.3) is 6.08 Å². The molecule has 36 heavy (non-hydrogen) atoms. The van der Waals surface area contributed by atoms with Crippen molar-refractivity contribution in [3.05, 3.63) is 96.1 Å². The van der Waals surface area contributed by atoms with Gasteiger partial charge in [-0.15, -0.1) is 0 Å². The third kappa shape index (κ3) is 6.98. The van der Waals surface area contributed by atoms with Crippen LogP contribution < -0.4 is 15.0 Å². The Labute approximate surface area is 213 Å². The number of ether oxygens (including phenoxy) is 1. The van der Waals surface area contributed by atoms with E-state index in [0.29, 0.717) is 31.0 Å². The number of carbonyl (C=O) groups is 2. The molecule has 1 saturated heterocycles. The second-order valence-electron chi connectivity index (χ2n) is 8.79. The molecule has 0 spiro atoms. The van der Waals surface area contributed by atoms with Crippen molar-refractivity contribution in [2.45, 2.75) is 19.8 Å². The SMILES string of the molecule is CCCCOc1cccc(C(=O)Nc2ccc(N3CCN(C(=O)/C=C/c4ccccc4)CC3)cc2)c1. The molecular weight excluding hydrogens is 450 g/mol. The number of piperazine rings is 1. The molecule has 0 aliphatic carbocycles. The Morgan fingerprint density at radius 1 is 0.917 bits per heavy atom. The lowest BCUT2D eigenvalue weighted by Gasteiger charge is -2.35. The number of anilines is 2. The number of benzene rings is 3. The van der Waals surface area contributed by atoms with Crippen LogP contribution in [0.1, 0.15) is 35.7 Å². The van der Waals surface area contributed by atoms with Gasteiger partial charge in [-0.25, -0.2) is 0 Å². The average Bonchev–Trinajstić information content (AvgIpc) is 2.93. The van der Waals surface area contributed by atoms with Gasteiger partial charge < -0.3 is 19.9 Å². The highest BCUT2D eigenvalue weighted by Crippen LogP contribution is 2.21. The summed E-state index contributed by atoms with van der Waals surface area (Å²) in [7, 11) is 0. The summed E-state index contributed by atoms with van der Waals surface area (Å²) in [5, 5.41) is 2.96. The first-order chi connectivity index (χ1) is 17.6. The predicted molar refractivity (Wildman–Crippen MR) is 146 cm³/mol. The third-order valence-electron chi connectivity index (χ3n) is 6.16. The number of nitrogens with one attached hydrogen (secondary N) is 1. The summed E-state index contributed by atoms with van der Waals surface area (Å²) in [5.74, 6) is 0.579. The fourth-order valence-corrected chi connectivity index (χ4v) is 4.04. The van der Waals surface area contributed by atoms with Crippen molar-refractivity contribution >= 4 is 29.3 Å². The minimum Gasteiger partial charge on any atom is -0.494 e. The van der Waals surface area contributed by atoms with E-state index in [4.69, 9.17) is 4.74 Å². The number of hydrogen-bond donors (Lipinski definition) is 1. The number of hydrogen-bond acceptors (Lipinski definition) is 4. The first-order valence-electron chi connectivity index (χ1n) is 12.5. The summed E-state index contributed by atoms with van der Waals surface area (Å²) in [5.41, 5.74) is 3.40. The number of carbonyl (C=O) groups excluding carboxylic acids is 2. The molecule has 4 rings (SSSR count). The lowest BCUT2D eigenvalue weighted by molar-refractivity contribution is -0.126. The van der Waals surface area contributed by atoms with Crippen LogP contribution in [0.5, 0.6) is 5.75 Å². The maximum absolute atomic E-state index is 12.7. The zero-order chi connectivity index (χ0) is 25.2. The van der Waals surface area contributed by atoms with Crippen molar-refractivity contribution in [1.29, 1.82) is 0 Å². The molecule has 0 atom stereocenters. The summed E-state index contributed by atoms with van der Waals surface area (Å²) in [4.78, 5) is 29.4. The van der Waals surface area contributed by atoms with Crippen molar-refractivity contribution in [2.75, 3.05) is 43.0 Å². The van der Waals surface area contributed by atoms with Crippen LogP contribution in [-0.2, 0) is 4.79 Å². The largest absolute Gasteiger partial charge is 0.494 e. The van der Waals surface area contributed by atoms with Crippen LogP contribution in [0.4, 0.5) is 11.4 Å². The maximum atomic E-state index is 12.7. The Hall–Kier alpha value is -4.06. The van der Waals surface area contributed by atoms with Crippen molar-refractivity contribution in [2.24, 2.45) is 0 Å². The van der Waals surface area contributed by atoms with Crippen LogP contribution in [0.2, 0.25) is 0 Å². The van der Waals surface area contributed by atoms with E-state index in [1.54, 1.807) is 18.2 Å². The third-order valence-corrected chi connectivity index (χ3v) is 6.16. The van der Waals surface area contributed by atoms with E-state index in [0.717, 1.165) is 42.9 Å². The Balaban J connectivity index is 1.27. The molecule has 1 aliphatic heterocycles. The first-order valence-corrected chi connectivity index (χ1v) is 12.5. The molecule has 1 fully saturated rings. The minimum atomic E-state index is -0.167. The molecule has 6 heteroatoms. The minimum absolute atomic E-state index is 0.0383. The van der Waals surface area contributed by atoms with E-state index in [1.165, 1.54) is 0 Å². The molecular formula is C30H33N3O3. The second-order valence-corrected chi connectivity index (χ2v) is 8.79. The van der Waals surface area contributed by atoms with E-state index in [9.17, 15) is 9.59 Å². The van der Waals surface area contributed by atoms with E-state index >= 15 is 0 Å².